The monoisotopic (exact) mass is 498 g/mol. The van der Waals surface area contributed by atoms with E-state index in [1.54, 1.807) is 42.5 Å². The van der Waals surface area contributed by atoms with E-state index in [2.05, 4.69) is 26.6 Å². The van der Waals surface area contributed by atoms with Gasteiger partial charge < -0.3 is 20.1 Å². The number of nitrogens with one attached hydrogen (secondary N) is 2. The molecule has 2 N–H and O–H groups in total. The van der Waals surface area contributed by atoms with Crippen LogP contribution in [0.25, 0.3) is 0 Å². The van der Waals surface area contributed by atoms with Gasteiger partial charge in [0.2, 0.25) is 5.91 Å². The number of sulfone groups is 1. The van der Waals surface area contributed by atoms with Gasteiger partial charge in [0.05, 0.1) is 25.5 Å². The van der Waals surface area contributed by atoms with Gasteiger partial charge >= 0.3 is 0 Å². The summed E-state index contributed by atoms with van der Waals surface area (Å²) in [6.07, 6.45) is 1.00. The van der Waals surface area contributed by atoms with Crippen LogP contribution in [0.4, 0.5) is 5.69 Å². The third kappa shape index (κ3) is 6.74. The van der Waals surface area contributed by atoms with Gasteiger partial charge in [-0.15, -0.1) is 0 Å². The van der Waals surface area contributed by atoms with Gasteiger partial charge in [-0.3, -0.25) is 9.59 Å². The van der Waals surface area contributed by atoms with E-state index in [-0.39, 0.29) is 12.2 Å². The highest BCUT2D eigenvalue weighted by Crippen LogP contribution is 2.29. The zero-order valence-corrected chi connectivity index (χ0v) is 19.2. The summed E-state index contributed by atoms with van der Waals surface area (Å²) >= 11 is 3.29. The third-order valence-electron chi connectivity index (χ3n) is 4.17. The zero-order chi connectivity index (χ0) is 22.3. The fraction of sp³-hybridized carbons (Fsp3) is 0.300. The average molecular weight is 499 g/mol. The zero-order valence-electron chi connectivity index (χ0n) is 16.8. The van der Waals surface area contributed by atoms with E-state index in [0.717, 1.165) is 6.26 Å². The first-order valence-corrected chi connectivity index (χ1v) is 11.8. The molecule has 2 aromatic carbocycles. The number of carbonyl (C=O) groups excluding carboxylic acids is 2. The summed E-state index contributed by atoms with van der Waals surface area (Å²) in [7, 11) is -0.368. The summed E-state index contributed by atoms with van der Waals surface area (Å²) in [6.45, 7) is 0. The number of carbonyl (C=O) groups is 2. The second kappa shape index (κ2) is 10.4. The Kier molecular flexibility index (Phi) is 8.24. The Hall–Kier alpha value is -2.59. The van der Waals surface area contributed by atoms with E-state index in [1.165, 1.54) is 14.2 Å². The molecule has 0 unspecified atom stereocenters. The number of rotatable bonds is 9. The van der Waals surface area contributed by atoms with Crippen LogP contribution >= 0.6 is 15.9 Å². The van der Waals surface area contributed by atoms with Crippen molar-refractivity contribution < 1.29 is 27.5 Å². The number of anilines is 1. The van der Waals surface area contributed by atoms with Crippen molar-refractivity contribution in [1.29, 1.82) is 0 Å². The Morgan fingerprint density at radius 3 is 2.33 bits per heavy atom. The predicted molar refractivity (Wildman–Crippen MR) is 118 cm³/mol. The Balaban J connectivity index is 2.22. The molecular weight excluding hydrogens is 476 g/mol. The molecule has 0 bridgehead atoms. The van der Waals surface area contributed by atoms with Gasteiger partial charge in [0, 0.05) is 22.5 Å². The molecule has 0 spiro atoms. The second-order valence-corrected chi connectivity index (χ2v) is 9.60. The summed E-state index contributed by atoms with van der Waals surface area (Å²) in [5.41, 5.74) is 0.748. The molecule has 30 heavy (non-hydrogen) atoms. The molecule has 0 aromatic heterocycles. The van der Waals surface area contributed by atoms with E-state index >= 15 is 0 Å². The van der Waals surface area contributed by atoms with E-state index < -0.39 is 27.7 Å². The Bertz CT molecular complexity index is 1030. The molecule has 1 atom stereocenters. The summed E-state index contributed by atoms with van der Waals surface area (Å²) in [5.74, 6) is -0.394. The molecule has 10 heteroatoms. The number of benzene rings is 2. The summed E-state index contributed by atoms with van der Waals surface area (Å²) in [5, 5.41) is 5.30. The molecule has 0 aliphatic carbocycles. The maximum Gasteiger partial charge on any atom is 0.253 e. The van der Waals surface area contributed by atoms with Crippen LogP contribution in [0.3, 0.4) is 0 Å². The van der Waals surface area contributed by atoms with Crippen molar-refractivity contribution >= 4 is 43.3 Å². The SMILES string of the molecule is COc1ccc(NC(=O)[C@H](CCS(C)(=O)=O)NC(=O)c2ccccc2Br)cc1OC. The molecule has 0 aliphatic rings. The maximum atomic E-state index is 12.8. The van der Waals surface area contributed by atoms with Crippen molar-refractivity contribution in [3.8, 4) is 11.5 Å². The lowest BCUT2D eigenvalue weighted by Crippen LogP contribution is -2.44. The van der Waals surface area contributed by atoms with Gasteiger partial charge in [0.1, 0.15) is 15.9 Å². The van der Waals surface area contributed by atoms with Gasteiger partial charge in [0.25, 0.3) is 5.91 Å². The normalized spacial score (nSPS) is 12.0. The fourth-order valence-corrected chi connectivity index (χ4v) is 3.75. The van der Waals surface area contributed by atoms with E-state index in [9.17, 15) is 18.0 Å². The van der Waals surface area contributed by atoms with Gasteiger partial charge in [-0.25, -0.2) is 8.42 Å². The number of ether oxygens (including phenoxy) is 2. The molecule has 2 aromatic rings. The Labute approximate surface area is 184 Å². The standard InChI is InChI=1S/C20H23BrN2O6S/c1-28-17-9-8-13(12-18(17)29-2)22-20(25)16(10-11-30(3,26)27)23-19(24)14-6-4-5-7-15(14)21/h4-9,12,16H,10-11H2,1-3H3,(H,22,25)(H,23,24)/t16-/m0/s1. The molecular formula is C20H23BrN2O6S. The molecule has 0 aliphatic heterocycles. The van der Waals surface area contributed by atoms with E-state index in [4.69, 9.17) is 9.47 Å². The first-order valence-electron chi connectivity index (χ1n) is 8.90. The minimum atomic E-state index is -3.33. The Morgan fingerprint density at radius 1 is 1.07 bits per heavy atom. The molecule has 0 saturated carbocycles. The van der Waals surface area contributed by atoms with Crippen LogP contribution in [0.15, 0.2) is 46.9 Å². The van der Waals surface area contributed by atoms with Crippen LogP contribution in [-0.4, -0.2) is 52.5 Å². The lowest BCUT2D eigenvalue weighted by Gasteiger charge is -2.19. The van der Waals surface area contributed by atoms with Crippen molar-refractivity contribution in [3.05, 3.63) is 52.5 Å². The first kappa shape index (κ1) is 23.7. The predicted octanol–water partition coefficient (Wildman–Crippen LogP) is 2.64. The number of hydrogen-bond donors (Lipinski definition) is 2. The molecule has 2 rings (SSSR count). The van der Waals surface area contributed by atoms with Crippen molar-refractivity contribution in [2.75, 3.05) is 31.5 Å². The third-order valence-corrected chi connectivity index (χ3v) is 5.84. The van der Waals surface area contributed by atoms with Crippen LogP contribution < -0.4 is 20.1 Å². The van der Waals surface area contributed by atoms with Crippen LogP contribution in [0.1, 0.15) is 16.8 Å². The second-order valence-electron chi connectivity index (χ2n) is 6.48. The number of hydrogen-bond acceptors (Lipinski definition) is 6. The maximum absolute atomic E-state index is 12.8. The average Bonchev–Trinajstić information content (AvgIpc) is 2.70. The minimum Gasteiger partial charge on any atom is -0.493 e. The van der Waals surface area contributed by atoms with Crippen molar-refractivity contribution in [2.45, 2.75) is 12.5 Å². The number of halogens is 1. The quantitative estimate of drug-likeness (QED) is 0.549. The Morgan fingerprint density at radius 2 is 1.73 bits per heavy atom. The summed E-state index contributed by atoms with van der Waals surface area (Å²) in [4.78, 5) is 25.5. The van der Waals surface area contributed by atoms with E-state index in [1.807, 2.05) is 0 Å². The molecule has 0 radical (unpaired) electrons. The molecule has 0 fully saturated rings. The van der Waals surface area contributed by atoms with Crippen molar-refractivity contribution in [1.82, 2.24) is 5.32 Å². The topological polar surface area (TPSA) is 111 Å². The highest BCUT2D eigenvalue weighted by molar-refractivity contribution is 9.10. The smallest absolute Gasteiger partial charge is 0.253 e. The first-order chi connectivity index (χ1) is 14.1. The van der Waals surface area contributed by atoms with Gasteiger partial charge in [-0.2, -0.15) is 0 Å². The van der Waals surface area contributed by atoms with Crippen LogP contribution in [0.5, 0.6) is 11.5 Å². The number of amides is 2. The summed E-state index contributed by atoms with van der Waals surface area (Å²) in [6, 6.07) is 10.5. The largest absolute Gasteiger partial charge is 0.493 e. The highest BCUT2D eigenvalue weighted by Gasteiger charge is 2.24. The van der Waals surface area contributed by atoms with Crippen LogP contribution in [0.2, 0.25) is 0 Å². The van der Waals surface area contributed by atoms with Crippen LogP contribution in [-0.2, 0) is 14.6 Å². The van der Waals surface area contributed by atoms with Gasteiger partial charge in [0.15, 0.2) is 11.5 Å². The van der Waals surface area contributed by atoms with Gasteiger partial charge in [-0.05, 0) is 46.6 Å². The number of methoxy groups -OCH3 is 2. The molecule has 0 saturated heterocycles. The lowest BCUT2D eigenvalue weighted by atomic mass is 10.1. The van der Waals surface area contributed by atoms with E-state index in [0.29, 0.717) is 27.2 Å². The molecule has 0 heterocycles. The van der Waals surface area contributed by atoms with Crippen LogP contribution in [0, 0.1) is 0 Å². The molecule has 162 valence electrons. The molecule has 8 nitrogen and oxygen atoms in total. The van der Waals surface area contributed by atoms with Crippen molar-refractivity contribution in [2.24, 2.45) is 0 Å². The van der Waals surface area contributed by atoms with Gasteiger partial charge in [-0.1, -0.05) is 12.1 Å². The van der Waals surface area contributed by atoms with Crippen molar-refractivity contribution in [3.63, 3.8) is 0 Å². The lowest BCUT2D eigenvalue weighted by molar-refractivity contribution is -0.118. The minimum absolute atomic E-state index is 0.0752. The molecule has 2 amide bonds. The fourth-order valence-electron chi connectivity index (χ4n) is 2.63. The summed E-state index contributed by atoms with van der Waals surface area (Å²) < 4.78 is 34.1. The highest BCUT2D eigenvalue weighted by atomic mass is 79.9.